The van der Waals surface area contributed by atoms with Crippen LogP contribution in [0, 0.1) is 6.04 Å². The normalized spacial score (nSPS) is 15.4. The van der Waals surface area contributed by atoms with Crippen LogP contribution >= 0.6 is 0 Å². The molecule has 0 atom stereocenters. The van der Waals surface area contributed by atoms with E-state index in [0.717, 1.165) is 5.69 Å². The monoisotopic (exact) mass is 261 g/mol. The van der Waals surface area contributed by atoms with Crippen LogP contribution in [0.5, 0.6) is 0 Å². The number of carbonyl (C=O) groups excluding carboxylic acids is 2. The predicted molar refractivity (Wildman–Crippen MR) is 71.6 cm³/mol. The minimum atomic E-state index is -0.624. The van der Waals surface area contributed by atoms with Gasteiger partial charge in [-0.1, -0.05) is 18.2 Å². The molecular formula is C14H17N2O3. The molecule has 2 rings (SSSR count). The molecule has 1 radical (unpaired) electrons. The maximum Gasteiger partial charge on any atom is 0.408 e. The fourth-order valence-electron chi connectivity index (χ4n) is 1.90. The van der Waals surface area contributed by atoms with Crippen molar-refractivity contribution in [2.24, 2.45) is 0 Å². The first-order valence-corrected chi connectivity index (χ1v) is 6.04. The van der Waals surface area contributed by atoms with Gasteiger partial charge in [0.1, 0.15) is 5.60 Å². The largest absolute Gasteiger partial charge is 0.444 e. The van der Waals surface area contributed by atoms with Crippen molar-refractivity contribution in [1.82, 2.24) is 5.32 Å². The number of likely N-dealkylation sites (N-methyl/N-ethyl adjacent to an activating group) is 1. The van der Waals surface area contributed by atoms with Crippen LogP contribution in [0.3, 0.4) is 0 Å². The summed E-state index contributed by atoms with van der Waals surface area (Å²) < 4.78 is 5.16. The lowest BCUT2D eigenvalue weighted by Crippen LogP contribution is -2.39. The standard InChI is InChI=1S/C14H17N2O3/c1-14(2,3)19-13(18)15-11-9-7-5-6-8-10(9)16(4)12(11)17/h5-8H,1-4H3,(H,15,18). The van der Waals surface area contributed by atoms with Crippen molar-refractivity contribution in [3.8, 4) is 0 Å². The zero-order valence-electron chi connectivity index (χ0n) is 11.5. The molecule has 0 bridgehead atoms. The van der Waals surface area contributed by atoms with E-state index < -0.39 is 11.7 Å². The van der Waals surface area contributed by atoms with E-state index in [9.17, 15) is 9.59 Å². The van der Waals surface area contributed by atoms with Crippen molar-refractivity contribution in [2.75, 3.05) is 11.9 Å². The van der Waals surface area contributed by atoms with Gasteiger partial charge in [-0.25, -0.2) is 4.79 Å². The maximum atomic E-state index is 12.1. The molecule has 0 unspecified atom stereocenters. The predicted octanol–water partition coefficient (Wildman–Crippen LogP) is 2.07. The Labute approximate surface area is 112 Å². The van der Waals surface area contributed by atoms with Crippen molar-refractivity contribution in [1.29, 1.82) is 0 Å². The molecule has 1 aromatic rings. The highest BCUT2D eigenvalue weighted by atomic mass is 16.6. The number of hydrogen-bond donors (Lipinski definition) is 1. The molecule has 1 aliphatic heterocycles. The van der Waals surface area contributed by atoms with E-state index in [-0.39, 0.29) is 11.9 Å². The van der Waals surface area contributed by atoms with E-state index in [2.05, 4.69) is 5.32 Å². The second-order valence-corrected chi connectivity index (χ2v) is 5.38. The number of anilines is 1. The lowest BCUT2D eigenvalue weighted by Gasteiger charge is -2.21. The molecule has 0 aliphatic carbocycles. The number of amides is 2. The highest BCUT2D eigenvalue weighted by Gasteiger charge is 2.38. The number of ether oxygens (including phenoxy) is 1. The fourth-order valence-corrected chi connectivity index (χ4v) is 1.90. The van der Waals surface area contributed by atoms with Gasteiger partial charge in [0.2, 0.25) is 0 Å². The van der Waals surface area contributed by atoms with E-state index in [1.807, 2.05) is 18.2 Å². The van der Waals surface area contributed by atoms with Crippen molar-refractivity contribution >= 4 is 17.7 Å². The van der Waals surface area contributed by atoms with Crippen molar-refractivity contribution in [3.63, 3.8) is 0 Å². The SMILES string of the molecule is CN1C(=O)[C](NC(=O)OC(C)(C)C)c2ccccc21. The van der Waals surface area contributed by atoms with Gasteiger partial charge in [0.25, 0.3) is 5.91 Å². The number of benzene rings is 1. The second kappa shape index (κ2) is 4.57. The Balaban J connectivity index is 2.18. The summed E-state index contributed by atoms with van der Waals surface area (Å²) >= 11 is 0. The van der Waals surface area contributed by atoms with E-state index in [0.29, 0.717) is 5.56 Å². The van der Waals surface area contributed by atoms with Crippen LogP contribution in [0.25, 0.3) is 0 Å². The molecule has 1 aromatic carbocycles. The topological polar surface area (TPSA) is 58.6 Å². The molecular weight excluding hydrogens is 244 g/mol. The van der Waals surface area contributed by atoms with Crippen LogP contribution in [0.2, 0.25) is 0 Å². The number of carbonyl (C=O) groups is 2. The van der Waals surface area contributed by atoms with Gasteiger partial charge in [0.15, 0.2) is 6.04 Å². The maximum absolute atomic E-state index is 12.1. The summed E-state index contributed by atoms with van der Waals surface area (Å²) in [5, 5.41) is 2.54. The summed E-state index contributed by atoms with van der Waals surface area (Å²) in [5.74, 6) is -0.243. The Bertz CT molecular complexity index is 520. The average Bonchev–Trinajstić information content (AvgIpc) is 2.53. The Morgan fingerprint density at radius 1 is 1.26 bits per heavy atom. The smallest absolute Gasteiger partial charge is 0.408 e. The number of hydrogen-bond acceptors (Lipinski definition) is 3. The summed E-state index contributed by atoms with van der Waals surface area (Å²) in [5.41, 5.74) is 0.886. The van der Waals surface area contributed by atoms with Gasteiger partial charge in [-0.2, -0.15) is 0 Å². The van der Waals surface area contributed by atoms with Gasteiger partial charge < -0.3 is 9.64 Å². The second-order valence-electron chi connectivity index (χ2n) is 5.38. The van der Waals surface area contributed by atoms with E-state index in [1.165, 1.54) is 4.90 Å². The molecule has 1 aliphatic rings. The summed E-state index contributed by atoms with van der Waals surface area (Å²) in [6, 6.07) is 7.55. The lowest BCUT2D eigenvalue weighted by molar-refractivity contribution is -0.116. The quantitative estimate of drug-likeness (QED) is 0.842. The number of fused-ring (bicyclic) bond motifs is 1. The third kappa shape index (κ3) is 2.70. The molecule has 0 saturated carbocycles. The van der Waals surface area contributed by atoms with Crippen LogP contribution in [0.15, 0.2) is 24.3 Å². The first kappa shape index (κ1) is 13.4. The third-order valence-electron chi connectivity index (χ3n) is 2.68. The molecule has 1 N–H and O–H groups in total. The van der Waals surface area contributed by atoms with Gasteiger partial charge >= 0.3 is 6.09 Å². The van der Waals surface area contributed by atoms with Gasteiger partial charge in [0, 0.05) is 18.3 Å². The zero-order valence-corrected chi connectivity index (χ0v) is 11.5. The number of para-hydroxylation sites is 1. The Kier molecular flexibility index (Phi) is 3.22. The van der Waals surface area contributed by atoms with Crippen LogP contribution in [0.1, 0.15) is 26.3 Å². The molecule has 0 spiro atoms. The molecule has 19 heavy (non-hydrogen) atoms. The number of nitrogens with one attached hydrogen (secondary N) is 1. The molecule has 0 aromatic heterocycles. The third-order valence-corrected chi connectivity index (χ3v) is 2.68. The number of rotatable bonds is 1. The molecule has 0 saturated heterocycles. The van der Waals surface area contributed by atoms with E-state index >= 15 is 0 Å². The summed E-state index contributed by atoms with van der Waals surface area (Å²) in [6.45, 7) is 5.31. The van der Waals surface area contributed by atoms with Crippen LogP contribution in [-0.4, -0.2) is 24.6 Å². The van der Waals surface area contributed by atoms with Gasteiger partial charge in [-0.3, -0.25) is 10.1 Å². The fraction of sp³-hybridized carbons (Fsp3) is 0.357. The number of alkyl carbamates (subject to hydrolysis) is 1. The lowest BCUT2D eigenvalue weighted by atomic mass is 10.1. The van der Waals surface area contributed by atoms with Crippen LogP contribution < -0.4 is 10.2 Å². The van der Waals surface area contributed by atoms with Gasteiger partial charge in [-0.05, 0) is 26.8 Å². The zero-order chi connectivity index (χ0) is 14.2. The summed E-state index contributed by atoms with van der Waals surface area (Å²) in [6.07, 6.45) is -0.624. The molecule has 1 heterocycles. The van der Waals surface area contributed by atoms with Crippen molar-refractivity contribution in [3.05, 3.63) is 35.9 Å². The minimum Gasteiger partial charge on any atom is -0.444 e. The summed E-state index contributed by atoms with van der Waals surface area (Å²) in [7, 11) is 1.67. The number of nitrogens with zero attached hydrogens (tertiary/aromatic N) is 1. The van der Waals surface area contributed by atoms with Crippen LogP contribution in [0.4, 0.5) is 10.5 Å². The molecule has 5 nitrogen and oxygen atoms in total. The Morgan fingerprint density at radius 3 is 2.53 bits per heavy atom. The van der Waals surface area contributed by atoms with E-state index in [4.69, 9.17) is 4.74 Å². The minimum absolute atomic E-state index is 0.243. The highest BCUT2D eigenvalue weighted by molar-refractivity contribution is 6.13. The average molecular weight is 261 g/mol. The first-order chi connectivity index (χ1) is 8.79. The van der Waals surface area contributed by atoms with Crippen molar-refractivity contribution in [2.45, 2.75) is 26.4 Å². The molecule has 2 amide bonds. The molecule has 5 heteroatoms. The highest BCUT2D eigenvalue weighted by Crippen LogP contribution is 2.33. The van der Waals surface area contributed by atoms with Crippen LogP contribution in [-0.2, 0) is 9.53 Å². The van der Waals surface area contributed by atoms with E-state index in [1.54, 1.807) is 33.9 Å². The Morgan fingerprint density at radius 2 is 1.89 bits per heavy atom. The molecule has 101 valence electrons. The Hall–Kier alpha value is -2.04. The van der Waals surface area contributed by atoms with Gasteiger partial charge in [-0.15, -0.1) is 0 Å². The van der Waals surface area contributed by atoms with Crippen molar-refractivity contribution < 1.29 is 14.3 Å². The summed E-state index contributed by atoms with van der Waals surface area (Å²) in [4.78, 5) is 25.3. The first-order valence-electron chi connectivity index (χ1n) is 6.04. The molecule has 0 fully saturated rings. The van der Waals surface area contributed by atoms with Gasteiger partial charge in [0.05, 0.1) is 0 Å².